The van der Waals surface area contributed by atoms with Gasteiger partial charge in [0.1, 0.15) is 17.3 Å². The maximum Gasteiger partial charge on any atom is 0.270 e. The van der Waals surface area contributed by atoms with E-state index in [0.29, 0.717) is 23.6 Å². The number of para-hydroxylation sites is 2. The average Bonchev–Trinajstić information content (AvgIpc) is 3.37. The van der Waals surface area contributed by atoms with Crippen LogP contribution in [0.4, 0.5) is 0 Å². The van der Waals surface area contributed by atoms with Crippen LogP contribution < -0.4 is 20.1 Å². The Balaban J connectivity index is 1.17. The predicted molar refractivity (Wildman–Crippen MR) is 136 cm³/mol. The first-order valence-electron chi connectivity index (χ1n) is 11.9. The Labute approximate surface area is 209 Å². The molecule has 4 rings (SSSR count). The van der Waals surface area contributed by atoms with Gasteiger partial charge >= 0.3 is 0 Å². The van der Waals surface area contributed by atoms with Gasteiger partial charge in [-0.3, -0.25) is 9.59 Å². The number of carbonyl (C=O) groups is 2. The summed E-state index contributed by atoms with van der Waals surface area (Å²) in [7, 11) is 1.60. The van der Waals surface area contributed by atoms with Crippen molar-refractivity contribution in [2.24, 2.45) is 0 Å². The standard InChI is InChI=1S/C27H31N3O4S/c1-33-23-9-5-6-10-24(23)34-17-26-30-22(18-35-26)27(32)29-21-14-12-20(13-15-21)28-25(31)16-11-19-7-3-2-4-8-19/h2-10,18,20-21H,11-17H2,1H3,(H,28,31)(H,29,32). The van der Waals surface area contributed by atoms with Gasteiger partial charge in [0.15, 0.2) is 11.5 Å². The number of nitrogens with one attached hydrogen (secondary N) is 2. The molecule has 1 aliphatic rings. The number of hydrogen-bond acceptors (Lipinski definition) is 6. The number of aryl methyl sites for hydroxylation is 1. The van der Waals surface area contributed by atoms with Crippen LogP contribution in [0.15, 0.2) is 60.0 Å². The smallest absolute Gasteiger partial charge is 0.270 e. The third-order valence-electron chi connectivity index (χ3n) is 6.12. The van der Waals surface area contributed by atoms with Crippen molar-refractivity contribution in [2.45, 2.75) is 57.2 Å². The van der Waals surface area contributed by atoms with Crippen molar-refractivity contribution in [3.05, 3.63) is 76.2 Å². The molecule has 0 bridgehead atoms. The molecule has 1 fully saturated rings. The van der Waals surface area contributed by atoms with E-state index in [4.69, 9.17) is 9.47 Å². The topological polar surface area (TPSA) is 89.6 Å². The first-order chi connectivity index (χ1) is 17.1. The second kappa shape index (κ2) is 12.4. The minimum absolute atomic E-state index is 0.0895. The van der Waals surface area contributed by atoms with Crippen LogP contribution >= 0.6 is 11.3 Å². The number of rotatable bonds is 10. The number of methoxy groups -OCH3 is 1. The minimum atomic E-state index is -0.167. The van der Waals surface area contributed by atoms with Gasteiger partial charge in [-0.25, -0.2) is 4.98 Å². The van der Waals surface area contributed by atoms with Crippen LogP contribution in [-0.2, 0) is 17.8 Å². The highest BCUT2D eigenvalue weighted by Gasteiger charge is 2.24. The van der Waals surface area contributed by atoms with Crippen LogP contribution in [0.5, 0.6) is 11.5 Å². The van der Waals surface area contributed by atoms with Gasteiger partial charge in [-0.15, -0.1) is 11.3 Å². The average molecular weight is 494 g/mol. The summed E-state index contributed by atoms with van der Waals surface area (Å²) in [4.78, 5) is 29.4. The summed E-state index contributed by atoms with van der Waals surface area (Å²) in [5, 5.41) is 8.73. The molecule has 3 aromatic rings. The Morgan fingerprint density at radius 3 is 2.31 bits per heavy atom. The Hall–Kier alpha value is -3.39. The molecular formula is C27H31N3O4S. The molecule has 2 N–H and O–H groups in total. The van der Waals surface area contributed by atoms with Crippen molar-refractivity contribution in [3.63, 3.8) is 0 Å². The summed E-state index contributed by atoms with van der Waals surface area (Å²) in [6.07, 6.45) is 4.63. The van der Waals surface area contributed by atoms with Gasteiger partial charge in [0.05, 0.1) is 7.11 Å². The Kier molecular flexibility index (Phi) is 8.73. The Bertz CT molecular complexity index is 1110. The second-order valence-corrected chi connectivity index (χ2v) is 9.58. The third-order valence-corrected chi connectivity index (χ3v) is 6.94. The van der Waals surface area contributed by atoms with Crippen molar-refractivity contribution < 1.29 is 19.1 Å². The SMILES string of the molecule is COc1ccccc1OCc1nc(C(=O)NC2CCC(NC(=O)CCc3ccccc3)CC2)cs1. The number of thiazole rings is 1. The summed E-state index contributed by atoms with van der Waals surface area (Å²) in [5.41, 5.74) is 1.58. The Morgan fingerprint density at radius 2 is 1.60 bits per heavy atom. The molecule has 7 nitrogen and oxygen atoms in total. The van der Waals surface area contributed by atoms with Gasteiger partial charge in [0, 0.05) is 23.9 Å². The van der Waals surface area contributed by atoms with Crippen molar-refractivity contribution >= 4 is 23.2 Å². The molecule has 0 spiro atoms. The van der Waals surface area contributed by atoms with E-state index < -0.39 is 0 Å². The van der Waals surface area contributed by atoms with E-state index in [9.17, 15) is 9.59 Å². The lowest BCUT2D eigenvalue weighted by molar-refractivity contribution is -0.122. The quantitative estimate of drug-likeness (QED) is 0.433. The van der Waals surface area contributed by atoms with Gasteiger partial charge in [-0.1, -0.05) is 42.5 Å². The van der Waals surface area contributed by atoms with Crippen LogP contribution in [0.1, 0.15) is 53.2 Å². The number of aromatic nitrogens is 1. The van der Waals surface area contributed by atoms with Crippen LogP contribution in [0.3, 0.4) is 0 Å². The number of carbonyl (C=O) groups excluding carboxylic acids is 2. The van der Waals surface area contributed by atoms with Gasteiger partial charge in [-0.05, 0) is 49.8 Å². The molecule has 1 aromatic heterocycles. The normalized spacial score (nSPS) is 17.4. The van der Waals surface area contributed by atoms with Crippen LogP contribution in [-0.4, -0.2) is 36.0 Å². The van der Waals surface area contributed by atoms with Crippen molar-refractivity contribution in [1.82, 2.24) is 15.6 Å². The summed E-state index contributed by atoms with van der Waals surface area (Å²) < 4.78 is 11.1. The molecule has 1 saturated carbocycles. The van der Waals surface area contributed by atoms with Crippen molar-refractivity contribution in [1.29, 1.82) is 0 Å². The fourth-order valence-electron chi connectivity index (χ4n) is 4.20. The molecule has 2 aromatic carbocycles. The van der Waals surface area contributed by atoms with Crippen molar-refractivity contribution in [3.8, 4) is 11.5 Å². The molecule has 0 saturated heterocycles. The van der Waals surface area contributed by atoms with Gasteiger partial charge < -0.3 is 20.1 Å². The summed E-state index contributed by atoms with van der Waals surface area (Å²) >= 11 is 1.40. The zero-order valence-electron chi connectivity index (χ0n) is 19.9. The van der Waals surface area contributed by atoms with E-state index in [1.807, 2.05) is 54.6 Å². The van der Waals surface area contributed by atoms with Crippen LogP contribution in [0.25, 0.3) is 0 Å². The number of hydrogen-bond donors (Lipinski definition) is 2. The molecule has 1 aliphatic carbocycles. The lowest BCUT2D eigenvalue weighted by Gasteiger charge is -2.29. The third kappa shape index (κ3) is 7.29. The molecule has 0 radical (unpaired) electrons. The molecule has 0 unspecified atom stereocenters. The first-order valence-corrected chi connectivity index (χ1v) is 12.8. The number of ether oxygens (including phenoxy) is 2. The highest BCUT2D eigenvalue weighted by molar-refractivity contribution is 7.09. The minimum Gasteiger partial charge on any atom is -0.493 e. The number of amides is 2. The Morgan fingerprint density at radius 1 is 0.943 bits per heavy atom. The number of nitrogens with zero attached hydrogens (tertiary/aromatic N) is 1. The highest BCUT2D eigenvalue weighted by Crippen LogP contribution is 2.27. The molecular weight excluding hydrogens is 462 g/mol. The molecule has 35 heavy (non-hydrogen) atoms. The fourth-order valence-corrected chi connectivity index (χ4v) is 4.89. The zero-order chi connectivity index (χ0) is 24.5. The van der Waals surface area contributed by atoms with E-state index in [0.717, 1.165) is 37.1 Å². The van der Waals surface area contributed by atoms with E-state index in [-0.39, 0.29) is 30.5 Å². The van der Waals surface area contributed by atoms with Gasteiger partial charge in [0.2, 0.25) is 5.91 Å². The molecule has 0 atom stereocenters. The lowest BCUT2D eigenvalue weighted by Crippen LogP contribution is -2.43. The first kappa shape index (κ1) is 24.7. The van der Waals surface area contributed by atoms with Gasteiger partial charge in [0.25, 0.3) is 5.91 Å². The highest BCUT2D eigenvalue weighted by atomic mass is 32.1. The van der Waals surface area contributed by atoms with Crippen LogP contribution in [0.2, 0.25) is 0 Å². The lowest BCUT2D eigenvalue weighted by atomic mass is 9.91. The summed E-state index contributed by atoms with van der Waals surface area (Å²) in [6.45, 7) is 0.271. The van der Waals surface area contributed by atoms with E-state index in [1.165, 1.54) is 16.9 Å². The maximum absolute atomic E-state index is 12.7. The van der Waals surface area contributed by atoms with Crippen LogP contribution in [0, 0.1) is 0 Å². The van der Waals surface area contributed by atoms with Crippen molar-refractivity contribution in [2.75, 3.05) is 7.11 Å². The summed E-state index contributed by atoms with van der Waals surface area (Å²) in [6, 6.07) is 17.7. The van der Waals surface area contributed by atoms with E-state index >= 15 is 0 Å². The largest absolute Gasteiger partial charge is 0.493 e. The monoisotopic (exact) mass is 493 g/mol. The van der Waals surface area contributed by atoms with E-state index in [1.54, 1.807) is 12.5 Å². The molecule has 184 valence electrons. The predicted octanol–water partition coefficient (Wildman–Crippen LogP) is 4.52. The van der Waals surface area contributed by atoms with E-state index in [2.05, 4.69) is 15.6 Å². The zero-order valence-corrected chi connectivity index (χ0v) is 20.7. The van der Waals surface area contributed by atoms with Gasteiger partial charge in [-0.2, -0.15) is 0 Å². The number of benzene rings is 2. The molecule has 0 aliphatic heterocycles. The second-order valence-electron chi connectivity index (χ2n) is 8.64. The molecule has 1 heterocycles. The molecule has 2 amide bonds. The summed E-state index contributed by atoms with van der Waals surface area (Å²) in [5.74, 6) is 1.22. The molecule has 8 heteroatoms. The fraction of sp³-hybridized carbons (Fsp3) is 0.370. The maximum atomic E-state index is 12.7.